The number of benzene rings is 7. The highest BCUT2D eigenvalue weighted by molar-refractivity contribution is 5.91. The van der Waals surface area contributed by atoms with E-state index >= 15 is 80.2 Å². The van der Waals surface area contributed by atoms with E-state index in [1.807, 2.05) is 0 Å². The van der Waals surface area contributed by atoms with E-state index in [0.29, 0.717) is 76.1 Å². The van der Waals surface area contributed by atoms with E-state index in [4.69, 9.17) is 75.8 Å². The van der Waals surface area contributed by atoms with E-state index in [2.05, 4.69) is 6.58 Å². The van der Waals surface area contributed by atoms with Crippen molar-refractivity contribution in [1.82, 2.24) is 0 Å². The summed E-state index contributed by atoms with van der Waals surface area (Å²) in [5.41, 5.74) is -32.3. The molecule has 42 heteroatoms. The quantitative estimate of drug-likeness (QED) is 0.0117. The third-order valence-corrected chi connectivity index (χ3v) is 21.9. The van der Waals surface area contributed by atoms with E-state index in [1.165, 1.54) is 36.4 Å². The second-order valence-corrected chi connectivity index (χ2v) is 29.2. The molecule has 3 aliphatic rings. The van der Waals surface area contributed by atoms with Crippen molar-refractivity contribution in [3.63, 3.8) is 0 Å². The number of alkyl halides is 18. The Morgan fingerprint density at radius 1 is 0.423 bits per heavy atom. The molecule has 0 spiro atoms. The lowest BCUT2D eigenvalue weighted by Gasteiger charge is -2.48. The summed E-state index contributed by atoms with van der Waals surface area (Å²) in [6, 6.07) is 31.9. The number of hydrogen-bond donors (Lipinski definition) is 0. The van der Waals surface area contributed by atoms with E-state index in [9.17, 15) is 37.1 Å². The number of esters is 7. The predicted molar refractivity (Wildman–Crippen MR) is 407 cm³/mol. The highest BCUT2D eigenvalue weighted by atomic mass is 19.4. The second kappa shape index (κ2) is 39.9. The molecule has 2 fully saturated rings. The van der Waals surface area contributed by atoms with Crippen LogP contribution in [0.25, 0.3) is 0 Å². The van der Waals surface area contributed by atoms with Crippen LogP contribution < -0.4 is 4.74 Å². The molecule has 0 N–H and O–H groups in total. The van der Waals surface area contributed by atoms with Crippen molar-refractivity contribution in [2.45, 2.75) is 152 Å². The molecule has 3 heterocycles. The van der Waals surface area contributed by atoms with Gasteiger partial charge in [-0.15, -0.1) is 6.58 Å². The van der Waals surface area contributed by atoms with Gasteiger partial charge in [0.25, 0.3) is 33.6 Å². The third-order valence-electron chi connectivity index (χ3n) is 21.9. The molecule has 0 saturated carbocycles. The number of ketones is 1. The molecular formula is C88H78F18O24. The van der Waals surface area contributed by atoms with Crippen molar-refractivity contribution in [3.8, 4) is 5.75 Å². The lowest BCUT2D eigenvalue weighted by atomic mass is 9.78. The number of hydrogen-bond acceptors (Lipinski definition) is 24. The summed E-state index contributed by atoms with van der Waals surface area (Å²) in [6.07, 6.45) is -61.0. The molecule has 24 nitrogen and oxygen atoms in total. The molecule has 700 valence electrons. The number of rotatable bonds is 35. The minimum absolute atomic E-state index is 0.140. The zero-order chi connectivity index (χ0) is 95.6. The molecule has 0 bridgehead atoms. The largest absolute Gasteiger partial charge is 0.471 e. The summed E-state index contributed by atoms with van der Waals surface area (Å²) >= 11 is 0. The van der Waals surface area contributed by atoms with Crippen LogP contribution in [0.5, 0.6) is 5.75 Å². The zero-order valence-electron chi connectivity index (χ0n) is 68.6. The number of carbonyl (C=O) groups excluding carboxylic acids is 8. The van der Waals surface area contributed by atoms with Crippen molar-refractivity contribution in [1.29, 1.82) is 0 Å². The summed E-state index contributed by atoms with van der Waals surface area (Å²) in [6.45, 7) is 1.63. The Morgan fingerprint density at radius 3 is 1.12 bits per heavy atom. The molecule has 16 atom stereocenters. The topological polar surface area (TPSA) is 284 Å². The highest BCUT2D eigenvalue weighted by Crippen LogP contribution is 2.53. The molecule has 7 aromatic rings. The second-order valence-electron chi connectivity index (χ2n) is 29.2. The summed E-state index contributed by atoms with van der Waals surface area (Å²) in [5, 5.41) is 0. The van der Waals surface area contributed by atoms with Gasteiger partial charge in [0.15, 0.2) is 18.3 Å². The van der Waals surface area contributed by atoms with Crippen LogP contribution in [-0.2, 0) is 149 Å². The molecule has 7 aromatic carbocycles. The van der Waals surface area contributed by atoms with Crippen molar-refractivity contribution in [2.75, 3.05) is 49.3 Å². The number of methoxy groups -OCH3 is 6. The monoisotopic (exact) mass is 1860 g/mol. The number of Topliss-reactive ketones (excluding diaryl/α,β-unsaturated/α-hetero) is 1. The standard InChI is InChI=1S/C88H78F18O24/c1-8-61-62-47-60(46-57(107)45-59(125-73(111)79(117-4,85(95,96)97)53-31-19-11-20-32-53)44-41-50-39-42-58(43-40-50)124-72(110)78(116-3,84(92,93)94)52-29-17-10-18-30-52)123-68(108)63(62)48-121-69(61)130-70-67(129-76(114)82(120-7,88(104,105)106)56-37-25-14-26-38-56)66(128-75(113)81(119-6,87(101,102)103)55-35-23-13-24-36-55)65(127-74(112)80(118-5,86(98,99)100)54-33-21-12-22-34-54)64(126-70)49-122-71(109)77(115-2,83(89,90)91)51-27-15-9-16-28-51/h8-40,42-43,48,59-62,64-67,69-70H,1,41,44-47,49H2,2-7H3/t59-,60-,61+,62-,64+,65+,66-,67+,69-,70-,77+,78+,79+,80+,81+,82+/m0/s1. The van der Waals surface area contributed by atoms with Crippen LogP contribution in [0.15, 0.2) is 231 Å². The van der Waals surface area contributed by atoms with Gasteiger partial charge in [-0.1, -0.05) is 200 Å². The van der Waals surface area contributed by atoms with Crippen LogP contribution in [0.1, 0.15) is 64.6 Å². The van der Waals surface area contributed by atoms with Gasteiger partial charge in [-0.2, -0.15) is 79.0 Å². The zero-order valence-corrected chi connectivity index (χ0v) is 68.6. The molecule has 0 aromatic heterocycles. The van der Waals surface area contributed by atoms with E-state index in [1.54, 1.807) is 0 Å². The first-order valence-electron chi connectivity index (χ1n) is 38.6. The van der Waals surface area contributed by atoms with Crippen LogP contribution in [-0.4, -0.2) is 183 Å². The Labute approximate surface area is 726 Å². The van der Waals surface area contributed by atoms with Gasteiger partial charge in [0.2, 0.25) is 12.6 Å². The van der Waals surface area contributed by atoms with Crippen LogP contribution in [0.3, 0.4) is 0 Å². The molecule has 0 unspecified atom stereocenters. The van der Waals surface area contributed by atoms with Crippen LogP contribution in [0, 0.1) is 11.8 Å². The molecule has 0 amide bonds. The maximum Gasteiger partial charge on any atom is 0.432 e. The summed E-state index contributed by atoms with van der Waals surface area (Å²) < 4.78 is 370. The SMILES string of the molecule is C=C[C@H]1[C@H](O[C@@H]2O[C@H](COC(=O)[C@](OC)(c3ccccc3)C(F)(F)F)[C@@H](OC(=O)[C@](OC)(c3ccccc3)C(F)(F)F)[C@H](OC(=O)[C@](OC)(c3ccccc3)C(F)(F)F)[C@H]2OC(=O)[C@](OC)(c2ccccc2)C(F)(F)F)OC=C2C(=O)O[C@@H](CC(=O)C[C@H](CCc3ccc(OC(=O)[C@](OC)(c4ccccc4)C(F)(F)F)cc3)OC(=O)[C@](OC)(c3ccccc3)C(F)(F)F)C[C@H]21. The molecule has 3 aliphatic heterocycles. The van der Waals surface area contributed by atoms with Crippen molar-refractivity contribution in [3.05, 3.63) is 270 Å². The first kappa shape index (κ1) is 100. The van der Waals surface area contributed by atoms with Gasteiger partial charge >= 0.3 is 78.8 Å². The molecule has 2 saturated heterocycles. The van der Waals surface area contributed by atoms with E-state index < -0.39 is 256 Å². The van der Waals surface area contributed by atoms with Crippen molar-refractivity contribution in [2.24, 2.45) is 11.8 Å². The van der Waals surface area contributed by atoms with Gasteiger partial charge in [0.05, 0.1) is 11.8 Å². The normalized spacial score (nSPS) is 22.2. The van der Waals surface area contributed by atoms with Gasteiger partial charge in [-0.3, -0.25) is 4.79 Å². The summed E-state index contributed by atoms with van der Waals surface area (Å²) in [7, 11) is 2.19. The third kappa shape index (κ3) is 19.2. The van der Waals surface area contributed by atoms with Crippen molar-refractivity contribution >= 4 is 47.6 Å². The molecule has 130 heavy (non-hydrogen) atoms. The minimum Gasteiger partial charge on any atom is -0.471 e. The Bertz CT molecular complexity index is 5130. The summed E-state index contributed by atoms with van der Waals surface area (Å²) in [5.74, 6) is -21.6. The lowest BCUT2D eigenvalue weighted by Crippen LogP contribution is -2.67. The van der Waals surface area contributed by atoms with E-state index in [-0.39, 0.29) is 33.3 Å². The maximum absolute atomic E-state index is 16.3. The molecule has 0 aliphatic carbocycles. The number of carbonyl (C=O) groups is 8. The summed E-state index contributed by atoms with van der Waals surface area (Å²) in [4.78, 5) is 118. The fraction of sp³-hybridized carbons (Fsp3) is 0.386. The first-order valence-corrected chi connectivity index (χ1v) is 38.6. The average Bonchev–Trinajstić information content (AvgIpc) is 0.674. The van der Waals surface area contributed by atoms with Gasteiger partial charge in [-0.05, 0) is 37.0 Å². The fourth-order valence-electron chi connectivity index (χ4n) is 15.4. The Balaban J connectivity index is 1.07. The molecule has 0 radical (unpaired) electrons. The Hall–Kier alpha value is -11.8. The number of halogens is 18. The van der Waals surface area contributed by atoms with Gasteiger partial charge < -0.3 is 75.8 Å². The van der Waals surface area contributed by atoms with Gasteiger partial charge in [0, 0.05) is 101 Å². The van der Waals surface area contributed by atoms with Crippen molar-refractivity contribution < 1.29 is 193 Å². The predicted octanol–water partition coefficient (Wildman–Crippen LogP) is 15.4. The number of fused-ring (bicyclic) bond motifs is 1. The molecule has 10 rings (SSSR count). The first-order chi connectivity index (χ1) is 61.2. The highest BCUT2D eigenvalue weighted by Gasteiger charge is 2.73. The number of ether oxygens (including phenoxy) is 16. The van der Waals surface area contributed by atoms with Gasteiger partial charge in [-0.25, -0.2) is 33.6 Å². The smallest absolute Gasteiger partial charge is 0.432 e. The molecular weight excluding hydrogens is 1780 g/mol. The van der Waals surface area contributed by atoms with Crippen LogP contribution in [0.2, 0.25) is 0 Å². The minimum atomic E-state index is -6.17. The maximum atomic E-state index is 16.3. The average molecular weight is 1860 g/mol. The lowest BCUT2D eigenvalue weighted by molar-refractivity contribution is -0.355. The number of cyclic esters (lactones) is 1. The number of aryl methyl sites for hydroxylation is 1. The Morgan fingerprint density at radius 2 is 0.762 bits per heavy atom. The Kier molecular flexibility index (Phi) is 30.8. The van der Waals surface area contributed by atoms with Crippen LogP contribution in [0.4, 0.5) is 79.0 Å². The van der Waals surface area contributed by atoms with E-state index in [0.717, 1.165) is 127 Å². The van der Waals surface area contributed by atoms with Crippen LogP contribution >= 0.6 is 0 Å². The fourth-order valence-corrected chi connectivity index (χ4v) is 15.4. The van der Waals surface area contributed by atoms with Gasteiger partial charge in [0.1, 0.15) is 36.5 Å².